The molecule has 0 aliphatic heterocycles. The molecule has 3 N–H and O–H groups in total. The quantitative estimate of drug-likeness (QED) is 0.502. The lowest BCUT2D eigenvalue weighted by atomic mass is 10.3. The number of nitrogens with zero attached hydrogens (tertiary/aromatic N) is 2. The van der Waals surface area contributed by atoms with Crippen molar-refractivity contribution in [2.45, 2.75) is 17.9 Å². The van der Waals surface area contributed by atoms with Crippen LogP contribution in [0.5, 0.6) is 0 Å². The molecule has 1 aromatic carbocycles. The summed E-state index contributed by atoms with van der Waals surface area (Å²) in [5.74, 6) is -1.19. The van der Waals surface area contributed by atoms with Crippen LogP contribution in [-0.2, 0) is 14.8 Å². The van der Waals surface area contributed by atoms with Crippen molar-refractivity contribution >= 4 is 38.9 Å². The molecule has 2 rings (SSSR count). The Hall–Kier alpha value is -2.34. The van der Waals surface area contributed by atoms with Gasteiger partial charge in [0.1, 0.15) is 10.9 Å². The molecule has 0 saturated heterocycles. The van der Waals surface area contributed by atoms with Crippen molar-refractivity contribution in [2.75, 3.05) is 12.4 Å². The van der Waals surface area contributed by atoms with Gasteiger partial charge in [-0.3, -0.25) is 19.8 Å². The third-order valence-electron chi connectivity index (χ3n) is 3.48. The summed E-state index contributed by atoms with van der Waals surface area (Å²) in [5, 5.41) is 11.3. The van der Waals surface area contributed by atoms with Crippen LogP contribution in [0.4, 0.5) is 5.69 Å². The van der Waals surface area contributed by atoms with Crippen molar-refractivity contribution in [3.8, 4) is 0 Å². The molecule has 0 spiro atoms. The molecule has 1 unspecified atom stereocenters. The molecular weight excluding hydrogens is 368 g/mol. The van der Waals surface area contributed by atoms with Gasteiger partial charge in [0.15, 0.2) is 0 Å². The summed E-state index contributed by atoms with van der Waals surface area (Å²) in [6, 6.07) is 4.42. The van der Waals surface area contributed by atoms with E-state index in [9.17, 15) is 18.0 Å². The largest absolute Gasteiger partial charge is 0.321 e. The summed E-state index contributed by atoms with van der Waals surface area (Å²) in [4.78, 5) is 27.5. The number of thiazole rings is 1. The number of carbonyl (C=O) groups excluding carboxylic acids is 2. The molecule has 0 fully saturated rings. The highest BCUT2D eigenvalue weighted by Crippen LogP contribution is 2.20. The fourth-order valence-corrected chi connectivity index (χ4v) is 3.70. The first-order valence-electron chi connectivity index (χ1n) is 6.99. The molecule has 1 heterocycles. The molecular formula is C14H16N4O5S2. The predicted octanol–water partition coefficient (Wildman–Crippen LogP) is 0.910. The molecule has 0 radical (unpaired) electrons. The summed E-state index contributed by atoms with van der Waals surface area (Å²) >= 11 is 1.19. The number of sulfonamides is 1. The van der Waals surface area contributed by atoms with Crippen LogP contribution in [0, 0.1) is 0 Å². The number of aromatic nitrogens is 1. The van der Waals surface area contributed by atoms with Gasteiger partial charge >= 0.3 is 0 Å². The van der Waals surface area contributed by atoms with Crippen molar-refractivity contribution < 1.29 is 23.2 Å². The van der Waals surface area contributed by atoms with Gasteiger partial charge < -0.3 is 5.32 Å². The molecule has 0 aliphatic rings. The molecule has 0 aliphatic carbocycles. The Balaban J connectivity index is 2.15. The molecule has 1 aromatic heterocycles. The Kier molecular flexibility index (Phi) is 5.85. The smallest absolute Gasteiger partial charge is 0.267 e. The van der Waals surface area contributed by atoms with Crippen LogP contribution in [0.3, 0.4) is 0 Å². The zero-order valence-corrected chi connectivity index (χ0v) is 15.0. The van der Waals surface area contributed by atoms with Gasteiger partial charge in [-0.25, -0.2) is 13.9 Å². The lowest BCUT2D eigenvalue weighted by Gasteiger charge is -2.22. The summed E-state index contributed by atoms with van der Waals surface area (Å²) in [7, 11) is -2.71. The molecule has 0 bridgehead atoms. The topological polar surface area (TPSA) is 129 Å². The number of hydroxylamine groups is 1. The zero-order valence-electron chi connectivity index (χ0n) is 13.3. The number of hydrogen-bond acceptors (Lipinski definition) is 7. The molecule has 0 saturated carbocycles. The summed E-state index contributed by atoms with van der Waals surface area (Å²) in [6.45, 7) is 1.34. The molecule has 2 aromatic rings. The van der Waals surface area contributed by atoms with Crippen molar-refractivity contribution in [1.29, 1.82) is 0 Å². The van der Waals surface area contributed by atoms with Crippen molar-refractivity contribution in [1.82, 2.24) is 14.8 Å². The van der Waals surface area contributed by atoms with Gasteiger partial charge in [-0.2, -0.15) is 4.31 Å². The molecule has 11 heteroatoms. The molecule has 25 heavy (non-hydrogen) atoms. The van der Waals surface area contributed by atoms with Gasteiger partial charge in [0.05, 0.1) is 16.6 Å². The lowest BCUT2D eigenvalue weighted by molar-refractivity contribution is -0.132. The second-order valence-electron chi connectivity index (χ2n) is 5.02. The van der Waals surface area contributed by atoms with E-state index in [4.69, 9.17) is 5.21 Å². The average molecular weight is 384 g/mol. The zero-order chi connectivity index (χ0) is 18.6. The Labute approximate surface area is 148 Å². The first-order valence-corrected chi connectivity index (χ1v) is 9.31. The molecule has 9 nitrogen and oxygen atoms in total. The van der Waals surface area contributed by atoms with Gasteiger partial charge in [0.25, 0.3) is 11.8 Å². The van der Waals surface area contributed by atoms with Crippen LogP contribution >= 0.6 is 11.3 Å². The lowest BCUT2D eigenvalue weighted by Crippen LogP contribution is -2.44. The highest BCUT2D eigenvalue weighted by atomic mass is 32.2. The number of amides is 2. The van der Waals surface area contributed by atoms with Gasteiger partial charge in [-0.1, -0.05) is 0 Å². The maximum Gasteiger partial charge on any atom is 0.267 e. The van der Waals surface area contributed by atoms with E-state index in [1.165, 1.54) is 66.8 Å². The predicted molar refractivity (Wildman–Crippen MR) is 90.8 cm³/mol. The van der Waals surface area contributed by atoms with Gasteiger partial charge in [-0.05, 0) is 31.2 Å². The number of hydrogen-bond donors (Lipinski definition) is 3. The standard InChI is InChI=1S/C14H16N4O5S2/c1-9(13(19)17-21)18(2)25(22,23)11-5-3-10(4-6-11)16-14(20)12-7-15-8-24-12/h3-9,21H,1-2H3,(H,16,20)(H,17,19). The highest BCUT2D eigenvalue weighted by Gasteiger charge is 2.29. The van der Waals surface area contributed by atoms with Gasteiger partial charge in [0, 0.05) is 12.7 Å². The van der Waals surface area contributed by atoms with E-state index in [2.05, 4.69) is 10.3 Å². The molecule has 1 atom stereocenters. The fourth-order valence-electron chi connectivity index (χ4n) is 1.86. The summed E-state index contributed by atoms with van der Waals surface area (Å²) < 4.78 is 25.8. The second-order valence-corrected chi connectivity index (χ2v) is 7.90. The Morgan fingerprint density at radius 3 is 2.44 bits per heavy atom. The van der Waals surface area contributed by atoms with Crippen molar-refractivity contribution in [2.24, 2.45) is 0 Å². The number of likely N-dealkylation sites (N-methyl/N-ethyl adjacent to an activating group) is 1. The Morgan fingerprint density at radius 1 is 1.28 bits per heavy atom. The van der Waals surface area contributed by atoms with Crippen LogP contribution in [-0.4, -0.2) is 47.8 Å². The van der Waals surface area contributed by atoms with E-state index in [-0.39, 0.29) is 10.8 Å². The van der Waals surface area contributed by atoms with Crippen LogP contribution in [0.2, 0.25) is 0 Å². The number of benzene rings is 1. The van der Waals surface area contributed by atoms with Crippen LogP contribution < -0.4 is 10.8 Å². The normalized spacial score (nSPS) is 12.6. The van der Waals surface area contributed by atoms with Crippen LogP contribution in [0.25, 0.3) is 0 Å². The molecule has 2 amide bonds. The maximum absolute atomic E-state index is 12.5. The minimum Gasteiger partial charge on any atom is -0.321 e. The third-order valence-corrected chi connectivity index (χ3v) is 6.19. The van der Waals surface area contributed by atoms with E-state index in [0.29, 0.717) is 10.6 Å². The second kappa shape index (κ2) is 7.70. The van der Waals surface area contributed by atoms with E-state index in [1.807, 2.05) is 0 Å². The Morgan fingerprint density at radius 2 is 1.92 bits per heavy atom. The highest BCUT2D eigenvalue weighted by molar-refractivity contribution is 7.89. The van der Waals surface area contributed by atoms with E-state index in [0.717, 1.165) is 4.31 Å². The monoisotopic (exact) mass is 384 g/mol. The summed E-state index contributed by atoms with van der Waals surface area (Å²) in [5.41, 5.74) is 3.37. The minimum absolute atomic E-state index is 0.0524. The van der Waals surface area contributed by atoms with E-state index >= 15 is 0 Å². The summed E-state index contributed by atoms with van der Waals surface area (Å²) in [6.07, 6.45) is 1.43. The van der Waals surface area contributed by atoms with Gasteiger partial charge in [-0.15, -0.1) is 11.3 Å². The maximum atomic E-state index is 12.5. The number of nitrogens with one attached hydrogen (secondary N) is 2. The van der Waals surface area contributed by atoms with Crippen molar-refractivity contribution in [3.63, 3.8) is 0 Å². The molecule has 134 valence electrons. The first kappa shape index (κ1) is 19.0. The Bertz CT molecular complexity index is 850. The third kappa shape index (κ3) is 4.20. The number of rotatable bonds is 6. The number of anilines is 1. The number of carbonyl (C=O) groups is 2. The average Bonchev–Trinajstić information content (AvgIpc) is 3.15. The minimum atomic E-state index is -3.94. The van der Waals surface area contributed by atoms with Crippen molar-refractivity contribution in [3.05, 3.63) is 40.8 Å². The van der Waals surface area contributed by atoms with E-state index in [1.54, 1.807) is 0 Å². The van der Waals surface area contributed by atoms with Gasteiger partial charge in [0.2, 0.25) is 10.0 Å². The fraction of sp³-hybridized carbons (Fsp3) is 0.214. The first-order chi connectivity index (χ1) is 11.8. The SMILES string of the molecule is CC(C(=O)NO)N(C)S(=O)(=O)c1ccc(NC(=O)c2cncs2)cc1. The van der Waals surface area contributed by atoms with E-state index < -0.39 is 22.0 Å². The van der Waals surface area contributed by atoms with Crippen LogP contribution in [0.15, 0.2) is 40.9 Å². The van der Waals surface area contributed by atoms with Crippen LogP contribution in [0.1, 0.15) is 16.6 Å².